The molecule has 1 aliphatic heterocycles. The van der Waals surface area contributed by atoms with Crippen LogP contribution in [0.15, 0.2) is 67.4 Å². The highest BCUT2D eigenvalue weighted by Gasteiger charge is 2.23. The van der Waals surface area contributed by atoms with Gasteiger partial charge in [-0.1, -0.05) is 6.07 Å². The number of amides is 1. The molecule has 39 heavy (non-hydrogen) atoms. The molecule has 0 radical (unpaired) electrons. The van der Waals surface area contributed by atoms with Crippen molar-refractivity contribution in [2.75, 3.05) is 36.8 Å². The molecule has 1 amide bonds. The van der Waals surface area contributed by atoms with Crippen LogP contribution in [-0.2, 0) is 18.3 Å². The van der Waals surface area contributed by atoms with Crippen molar-refractivity contribution < 1.29 is 4.79 Å². The Morgan fingerprint density at radius 3 is 2.54 bits per heavy atom. The van der Waals surface area contributed by atoms with E-state index in [0.29, 0.717) is 43.7 Å². The molecule has 0 saturated carbocycles. The van der Waals surface area contributed by atoms with E-state index in [1.54, 1.807) is 27.8 Å². The Hall–Kier alpha value is -5.24. The summed E-state index contributed by atoms with van der Waals surface area (Å²) in [5.41, 5.74) is 11.3. The van der Waals surface area contributed by atoms with Crippen molar-refractivity contribution in [2.45, 2.75) is 6.42 Å². The van der Waals surface area contributed by atoms with E-state index >= 15 is 0 Å². The average molecular weight is 519 g/mol. The molecular weight excluding hydrogens is 492 g/mol. The summed E-state index contributed by atoms with van der Waals surface area (Å²) in [5, 5.41) is 18.4. The Bertz CT molecular complexity index is 1690. The molecule has 1 aliphatic rings. The predicted molar refractivity (Wildman–Crippen MR) is 146 cm³/mol. The second-order valence-corrected chi connectivity index (χ2v) is 9.48. The van der Waals surface area contributed by atoms with Crippen molar-refractivity contribution in [2.24, 2.45) is 7.05 Å². The van der Waals surface area contributed by atoms with Crippen LogP contribution in [-0.4, -0.2) is 66.3 Å². The first-order valence-electron chi connectivity index (χ1n) is 12.6. The van der Waals surface area contributed by atoms with E-state index in [-0.39, 0.29) is 11.7 Å². The highest BCUT2D eigenvalue weighted by atomic mass is 16.2. The van der Waals surface area contributed by atoms with Gasteiger partial charge in [-0.15, -0.1) is 5.10 Å². The van der Waals surface area contributed by atoms with Crippen molar-refractivity contribution in [3.8, 4) is 28.3 Å². The van der Waals surface area contributed by atoms with Gasteiger partial charge in [0, 0.05) is 86.0 Å². The minimum Gasteiger partial charge on any atom is -0.381 e. The standard InChI is InChI=1S/C28H26N10O/c1-35-17-21(16-33-35)20-12-23(27-24(14-29)28(30)34-38(27)18-20)19-5-6-25(32-15-19)36-8-10-37(11-9-36)26(39)13-22-4-2-3-7-31-22/h2-7,12,15-18H,8-11,13H2,1H3,(H2,30,34). The maximum absolute atomic E-state index is 12.7. The highest BCUT2D eigenvalue weighted by Crippen LogP contribution is 2.34. The lowest BCUT2D eigenvalue weighted by atomic mass is 10.0. The van der Waals surface area contributed by atoms with Gasteiger partial charge in [-0.25, -0.2) is 9.50 Å². The smallest absolute Gasteiger partial charge is 0.228 e. The number of hydrogen-bond donors (Lipinski definition) is 1. The number of rotatable bonds is 5. The van der Waals surface area contributed by atoms with Gasteiger partial charge in [0.25, 0.3) is 0 Å². The average Bonchev–Trinajstić information content (AvgIpc) is 3.55. The number of aromatic nitrogens is 6. The van der Waals surface area contributed by atoms with E-state index in [0.717, 1.165) is 33.8 Å². The molecule has 0 bridgehead atoms. The first-order valence-corrected chi connectivity index (χ1v) is 12.6. The van der Waals surface area contributed by atoms with Crippen LogP contribution < -0.4 is 10.6 Å². The van der Waals surface area contributed by atoms with Gasteiger partial charge in [0.1, 0.15) is 17.5 Å². The van der Waals surface area contributed by atoms with Crippen LogP contribution in [0.2, 0.25) is 0 Å². The largest absolute Gasteiger partial charge is 0.381 e. The Kier molecular flexibility index (Phi) is 6.13. The maximum Gasteiger partial charge on any atom is 0.228 e. The topological polar surface area (TPSA) is 134 Å². The minimum atomic E-state index is 0.0857. The second kappa shape index (κ2) is 9.90. The molecule has 6 rings (SSSR count). The summed E-state index contributed by atoms with van der Waals surface area (Å²) < 4.78 is 3.39. The molecule has 5 aromatic heterocycles. The summed E-state index contributed by atoms with van der Waals surface area (Å²) in [6.45, 7) is 2.64. The molecule has 11 nitrogen and oxygen atoms in total. The number of pyridine rings is 3. The molecule has 0 aliphatic carbocycles. The number of nitrogens with zero attached hydrogens (tertiary/aromatic N) is 9. The van der Waals surface area contributed by atoms with E-state index in [1.807, 2.05) is 60.7 Å². The molecular formula is C28H26N10O. The molecule has 5 aromatic rings. The van der Waals surface area contributed by atoms with Gasteiger partial charge in [0.05, 0.1) is 18.1 Å². The number of carbonyl (C=O) groups excluding carboxylic acids is 1. The van der Waals surface area contributed by atoms with E-state index < -0.39 is 0 Å². The number of piperazine rings is 1. The van der Waals surface area contributed by atoms with Gasteiger partial charge in [0.2, 0.25) is 5.91 Å². The third-order valence-corrected chi connectivity index (χ3v) is 6.98. The Balaban J connectivity index is 1.24. The first-order chi connectivity index (χ1) is 19.0. The summed E-state index contributed by atoms with van der Waals surface area (Å²) >= 11 is 0. The molecule has 1 fully saturated rings. The quantitative estimate of drug-likeness (QED) is 0.375. The molecule has 1 saturated heterocycles. The van der Waals surface area contributed by atoms with Gasteiger partial charge in [-0.3, -0.25) is 14.5 Å². The van der Waals surface area contributed by atoms with E-state index in [9.17, 15) is 10.1 Å². The normalized spacial score (nSPS) is 13.5. The SMILES string of the molecule is Cn1cc(-c2cc(-c3ccc(N4CCN(C(=O)Cc5ccccn5)CC4)nc3)c3c(C#N)c(N)nn3c2)cn1. The number of anilines is 2. The first kappa shape index (κ1) is 24.1. The van der Waals surface area contributed by atoms with Crippen LogP contribution >= 0.6 is 0 Å². The fourth-order valence-electron chi connectivity index (χ4n) is 4.94. The number of fused-ring (bicyclic) bond motifs is 1. The van der Waals surface area contributed by atoms with Crippen molar-refractivity contribution >= 4 is 23.1 Å². The van der Waals surface area contributed by atoms with E-state index in [1.165, 1.54) is 0 Å². The number of carbonyl (C=O) groups is 1. The lowest BCUT2D eigenvalue weighted by Crippen LogP contribution is -2.49. The molecule has 0 spiro atoms. The monoisotopic (exact) mass is 518 g/mol. The number of nitrogens with two attached hydrogens (primary N) is 1. The van der Waals surface area contributed by atoms with Crippen LogP contribution in [0, 0.1) is 11.3 Å². The lowest BCUT2D eigenvalue weighted by molar-refractivity contribution is -0.130. The molecule has 6 heterocycles. The van der Waals surface area contributed by atoms with E-state index in [4.69, 9.17) is 10.7 Å². The predicted octanol–water partition coefficient (Wildman–Crippen LogP) is 2.54. The Labute approximate surface area is 224 Å². The number of nitriles is 1. The fraction of sp³-hybridized carbons (Fsp3) is 0.214. The molecule has 194 valence electrons. The van der Waals surface area contributed by atoms with Crippen molar-refractivity contribution in [1.29, 1.82) is 5.26 Å². The van der Waals surface area contributed by atoms with Crippen molar-refractivity contribution in [1.82, 2.24) is 34.3 Å². The van der Waals surface area contributed by atoms with Gasteiger partial charge in [-0.2, -0.15) is 10.4 Å². The van der Waals surface area contributed by atoms with Gasteiger partial charge in [-0.05, 0) is 30.3 Å². The molecule has 2 N–H and O–H groups in total. The number of aryl methyl sites for hydroxylation is 1. The van der Waals surface area contributed by atoms with Crippen LogP contribution in [0.4, 0.5) is 11.6 Å². The van der Waals surface area contributed by atoms with Crippen LogP contribution in [0.1, 0.15) is 11.3 Å². The third kappa shape index (κ3) is 4.64. The summed E-state index contributed by atoms with van der Waals surface area (Å²) in [5.74, 6) is 1.10. The molecule has 0 aromatic carbocycles. The molecule has 11 heteroatoms. The van der Waals surface area contributed by atoms with Crippen LogP contribution in [0.5, 0.6) is 0 Å². The summed E-state index contributed by atoms with van der Waals surface area (Å²) in [6, 6.07) is 13.8. The van der Waals surface area contributed by atoms with Crippen LogP contribution in [0.3, 0.4) is 0 Å². The maximum atomic E-state index is 12.7. The zero-order chi connectivity index (χ0) is 26.9. The Morgan fingerprint density at radius 1 is 1.03 bits per heavy atom. The van der Waals surface area contributed by atoms with Crippen LogP contribution in [0.25, 0.3) is 27.8 Å². The second-order valence-electron chi connectivity index (χ2n) is 9.48. The summed E-state index contributed by atoms with van der Waals surface area (Å²) in [7, 11) is 1.86. The lowest BCUT2D eigenvalue weighted by Gasteiger charge is -2.35. The zero-order valence-corrected chi connectivity index (χ0v) is 21.4. The molecule has 0 atom stereocenters. The van der Waals surface area contributed by atoms with Gasteiger partial charge >= 0.3 is 0 Å². The highest BCUT2D eigenvalue weighted by molar-refractivity contribution is 5.90. The Morgan fingerprint density at radius 2 is 1.87 bits per heavy atom. The van der Waals surface area contributed by atoms with Crippen molar-refractivity contribution in [3.63, 3.8) is 0 Å². The van der Waals surface area contributed by atoms with E-state index in [2.05, 4.69) is 26.2 Å². The zero-order valence-electron chi connectivity index (χ0n) is 21.4. The van der Waals surface area contributed by atoms with Gasteiger partial charge < -0.3 is 15.5 Å². The summed E-state index contributed by atoms with van der Waals surface area (Å²) in [4.78, 5) is 25.8. The van der Waals surface area contributed by atoms with Crippen molar-refractivity contribution in [3.05, 3.63) is 78.6 Å². The fourth-order valence-corrected chi connectivity index (χ4v) is 4.94. The number of hydrogen-bond acceptors (Lipinski definition) is 8. The minimum absolute atomic E-state index is 0.0857. The third-order valence-electron chi connectivity index (χ3n) is 6.98. The van der Waals surface area contributed by atoms with Gasteiger partial charge in [0.15, 0.2) is 5.82 Å². The molecule has 0 unspecified atom stereocenters. The summed E-state index contributed by atoms with van der Waals surface area (Å²) in [6.07, 6.45) is 9.38. The number of nitrogen functional groups attached to an aromatic ring is 1.